The number of hydrogen-bond donors (Lipinski definition) is 1. The van der Waals surface area contributed by atoms with E-state index < -0.39 is 0 Å². The van der Waals surface area contributed by atoms with Crippen molar-refractivity contribution < 1.29 is 66.0 Å². The summed E-state index contributed by atoms with van der Waals surface area (Å²) in [5.74, 6) is -0.355. The molecule has 0 aliphatic heterocycles. The first kappa shape index (κ1) is 13.5. The molecule has 4 heteroatoms. The summed E-state index contributed by atoms with van der Waals surface area (Å²) in [5, 5.41) is 8.24. The molecule has 0 rings (SSSR count). The Bertz CT molecular complexity index is 85.1. The zero-order valence-corrected chi connectivity index (χ0v) is 9.59. The van der Waals surface area contributed by atoms with Crippen LogP contribution < -0.4 is 51.4 Å². The molecule has 54 valence electrons. The Kier molecular flexibility index (Phi) is 13.4. The van der Waals surface area contributed by atoms with E-state index in [0.717, 1.165) is 0 Å². The Morgan fingerprint density at radius 3 is 2.70 bits per heavy atom. The molecule has 0 aromatic rings. The zero-order valence-electron chi connectivity index (χ0n) is 6.46. The maximum atomic E-state index is 10.4. The standard InChI is InChI=1S/C6H11O3.K/c1-2-9-6(8)4-3-5-7;/h4,7H,2-3,5H2,1H3;/q-1;+1. The minimum Gasteiger partial charge on any atom is -0.488 e. The van der Waals surface area contributed by atoms with Crippen LogP contribution in [0.15, 0.2) is 0 Å². The van der Waals surface area contributed by atoms with E-state index in [1.165, 1.54) is 6.42 Å². The molecule has 0 amide bonds. The van der Waals surface area contributed by atoms with E-state index >= 15 is 0 Å². The third-order valence-electron chi connectivity index (χ3n) is 0.727. The van der Waals surface area contributed by atoms with E-state index in [1.54, 1.807) is 6.92 Å². The second kappa shape index (κ2) is 9.94. The zero-order chi connectivity index (χ0) is 7.11. The summed E-state index contributed by atoms with van der Waals surface area (Å²) in [7, 11) is 0. The van der Waals surface area contributed by atoms with Gasteiger partial charge >= 0.3 is 51.4 Å². The molecule has 0 aliphatic rings. The molecule has 0 bridgehead atoms. The molecule has 10 heavy (non-hydrogen) atoms. The Morgan fingerprint density at radius 2 is 2.30 bits per heavy atom. The summed E-state index contributed by atoms with van der Waals surface area (Å²) in [6, 6.07) is 0. The minimum absolute atomic E-state index is 0. The van der Waals surface area contributed by atoms with Crippen molar-refractivity contribution in [2.75, 3.05) is 13.2 Å². The number of hydrogen-bond acceptors (Lipinski definition) is 3. The van der Waals surface area contributed by atoms with Crippen molar-refractivity contribution in [3.63, 3.8) is 0 Å². The molecule has 0 aliphatic carbocycles. The number of esters is 1. The topological polar surface area (TPSA) is 46.5 Å². The summed E-state index contributed by atoms with van der Waals surface area (Å²) < 4.78 is 4.54. The number of carbonyl (C=O) groups excluding carboxylic acids is 1. The number of carbonyl (C=O) groups is 1. The van der Waals surface area contributed by atoms with Gasteiger partial charge in [0, 0.05) is 6.61 Å². The predicted molar refractivity (Wildman–Crippen MR) is 32.6 cm³/mol. The van der Waals surface area contributed by atoms with E-state index in [9.17, 15) is 4.79 Å². The summed E-state index contributed by atoms with van der Waals surface area (Å²) in [6.45, 7) is 2.13. The van der Waals surface area contributed by atoms with Crippen LogP contribution >= 0.6 is 0 Å². The molecule has 0 saturated heterocycles. The van der Waals surface area contributed by atoms with Crippen molar-refractivity contribution >= 4 is 5.97 Å². The predicted octanol–water partition coefficient (Wildman–Crippen LogP) is -2.86. The first-order chi connectivity index (χ1) is 4.31. The van der Waals surface area contributed by atoms with Crippen molar-refractivity contribution in [2.45, 2.75) is 13.3 Å². The van der Waals surface area contributed by atoms with Crippen LogP contribution in [0.3, 0.4) is 0 Å². The normalized spacial score (nSPS) is 7.80. The van der Waals surface area contributed by atoms with Crippen molar-refractivity contribution in [3.05, 3.63) is 6.42 Å². The SMILES string of the molecule is CCOC(=O)[CH-]CCO.[K+]. The maximum Gasteiger partial charge on any atom is 1.00 e. The molecule has 0 spiro atoms. The summed E-state index contributed by atoms with van der Waals surface area (Å²) >= 11 is 0. The van der Waals surface area contributed by atoms with Gasteiger partial charge in [-0.05, 0) is 6.92 Å². The number of ether oxygens (including phenoxy) is 1. The smallest absolute Gasteiger partial charge is 0.488 e. The second-order valence-corrected chi connectivity index (χ2v) is 1.47. The van der Waals surface area contributed by atoms with E-state index in [1.807, 2.05) is 0 Å². The van der Waals surface area contributed by atoms with E-state index in [2.05, 4.69) is 4.74 Å². The van der Waals surface area contributed by atoms with Crippen LogP contribution in [0.5, 0.6) is 0 Å². The molecule has 0 atom stereocenters. The van der Waals surface area contributed by atoms with Gasteiger partial charge in [0.1, 0.15) is 0 Å². The van der Waals surface area contributed by atoms with Gasteiger partial charge in [-0.2, -0.15) is 0 Å². The van der Waals surface area contributed by atoms with Crippen LogP contribution in [0.25, 0.3) is 0 Å². The van der Waals surface area contributed by atoms with E-state index in [0.29, 0.717) is 13.0 Å². The van der Waals surface area contributed by atoms with Gasteiger partial charge in [0.05, 0.1) is 6.61 Å². The Labute approximate surface area is 104 Å². The molecule has 1 N–H and O–H groups in total. The van der Waals surface area contributed by atoms with Crippen LogP contribution in [-0.2, 0) is 9.53 Å². The summed E-state index contributed by atoms with van der Waals surface area (Å²) in [4.78, 5) is 10.4. The average molecular weight is 170 g/mol. The van der Waals surface area contributed by atoms with Crippen LogP contribution in [0.4, 0.5) is 0 Å². The summed E-state index contributed by atoms with van der Waals surface area (Å²) in [5.41, 5.74) is 0. The molecule has 0 fully saturated rings. The van der Waals surface area contributed by atoms with Crippen molar-refractivity contribution in [1.82, 2.24) is 0 Å². The van der Waals surface area contributed by atoms with Crippen molar-refractivity contribution in [2.24, 2.45) is 0 Å². The largest absolute Gasteiger partial charge is 1.00 e. The molecule has 0 saturated carbocycles. The molecule has 0 heterocycles. The van der Waals surface area contributed by atoms with Gasteiger partial charge in [-0.3, -0.25) is 11.2 Å². The van der Waals surface area contributed by atoms with Gasteiger partial charge in [-0.25, -0.2) is 0 Å². The summed E-state index contributed by atoms with van der Waals surface area (Å²) in [6.07, 6.45) is 1.70. The first-order valence-corrected chi connectivity index (χ1v) is 2.92. The van der Waals surface area contributed by atoms with Crippen molar-refractivity contribution in [3.8, 4) is 0 Å². The third kappa shape index (κ3) is 8.94. The first-order valence-electron chi connectivity index (χ1n) is 2.92. The number of aliphatic hydroxyl groups is 1. The van der Waals surface area contributed by atoms with Gasteiger partial charge in [-0.15, -0.1) is 6.42 Å². The minimum atomic E-state index is -0.355. The molecule has 3 nitrogen and oxygen atoms in total. The number of rotatable bonds is 4. The van der Waals surface area contributed by atoms with Crippen LogP contribution in [0, 0.1) is 6.42 Å². The van der Waals surface area contributed by atoms with Crippen LogP contribution in [0.1, 0.15) is 13.3 Å². The molecular formula is C6H11KO3. The fraction of sp³-hybridized carbons (Fsp3) is 0.667. The van der Waals surface area contributed by atoms with Crippen LogP contribution in [-0.4, -0.2) is 24.3 Å². The average Bonchev–Trinajstić information content (AvgIpc) is 1.85. The maximum absolute atomic E-state index is 10.4. The fourth-order valence-electron chi connectivity index (χ4n) is 0.384. The molecule has 0 radical (unpaired) electrons. The molecule has 0 aromatic carbocycles. The molecule has 0 aromatic heterocycles. The third-order valence-corrected chi connectivity index (χ3v) is 0.727. The van der Waals surface area contributed by atoms with E-state index in [-0.39, 0.29) is 64.0 Å². The van der Waals surface area contributed by atoms with E-state index in [4.69, 9.17) is 5.11 Å². The van der Waals surface area contributed by atoms with Gasteiger partial charge in [-0.1, -0.05) is 0 Å². The second-order valence-electron chi connectivity index (χ2n) is 1.47. The Balaban J connectivity index is 0. The number of aliphatic hydroxyl groups excluding tert-OH is 1. The van der Waals surface area contributed by atoms with Crippen molar-refractivity contribution in [1.29, 1.82) is 0 Å². The van der Waals surface area contributed by atoms with Gasteiger partial charge in [0.2, 0.25) is 0 Å². The molecule has 0 unspecified atom stereocenters. The van der Waals surface area contributed by atoms with Crippen LogP contribution in [0.2, 0.25) is 0 Å². The van der Waals surface area contributed by atoms with Gasteiger partial charge in [0.25, 0.3) is 0 Å². The van der Waals surface area contributed by atoms with Gasteiger partial charge < -0.3 is 9.84 Å². The fourth-order valence-corrected chi connectivity index (χ4v) is 0.384. The monoisotopic (exact) mass is 170 g/mol. The quantitative estimate of drug-likeness (QED) is 0.280. The Hall–Kier alpha value is 0.936. The molecular weight excluding hydrogens is 159 g/mol. The Morgan fingerprint density at radius 1 is 1.70 bits per heavy atom. The van der Waals surface area contributed by atoms with Gasteiger partial charge in [0.15, 0.2) is 5.97 Å².